The van der Waals surface area contributed by atoms with Gasteiger partial charge in [-0.1, -0.05) is 6.07 Å². The topological polar surface area (TPSA) is 84.6 Å². The molecule has 0 saturated carbocycles. The Hall–Kier alpha value is -2.48. The van der Waals surface area contributed by atoms with Crippen molar-refractivity contribution in [1.29, 1.82) is 0 Å². The minimum atomic E-state index is -0.603. The number of piperidine rings is 1. The van der Waals surface area contributed by atoms with Crippen molar-refractivity contribution < 1.29 is 14.0 Å². The minimum absolute atomic E-state index is 0.0295. The molecule has 4 rings (SSSR count). The zero-order chi connectivity index (χ0) is 19.7. The summed E-state index contributed by atoms with van der Waals surface area (Å²) in [5.41, 5.74) is 0.661. The summed E-state index contributed by atoms with van der Waals surface area (Å²) in [5, 5.41) is 2.95. The van der Waals surface area contributed by atoms with Crippen LogP contribution in [0.1, 0.15) is 34.6 Å². The fourth-order valence-corrected chi connectivity index (χ4v) is 4.68. The average molecular weight is 401 g/mol. The number of amides is 2. The molecule has 1 saturated heterocycles. The van der Waals surface area contributed by atoms with E-state index in [1.54, 1.807) is 39.4 Å². The van der Waals surface area contributed by atoms with Gasteiger partial charge in [-0.15, -0.1) is 0 Å². The first-order valence-corrected chi connectivity index (χ1v) is 10.8. The third-order valence-corrected chi connectivity index (χ3v) is 6.15. The molecular weight excluding hydrogens is 378 g/mol. The first-order valence-electron chi connectivity index (χ1n) is 9.41. The molecule has 28 heavy (non-hydrogen) atoms. The Labute approximate surface area is 167 Å². The zero-order valence-corrected chi connectivity index (χ0v) is 16.5. The Kier molecular flexibility index (Phi) is 5.30. The Bertz CT molecular complexity index is 924. The molecule has 148 valence electrons. The number of rotatable bonds is 5. The maximum atomic E-state index is 13.0. The summed E-state index contributed by atoms with van der Waals surface area (Å²) < 4.78 is 6.91. The van der Waals surface area contributed by atoms with Gasteiger partial charge in [0.1, 0.15) is 6.04 Å². The van der Waals surface area contributed by atoms with E-state index < -0.39 is 6.04 Å². The first-order chi connectivity index (χ1) is 13.6. The molecule has 2 aromatic heterocycles. The van der Waals surface area contributed by atoms with Gasteiger partial charge in [-0.05, 0) is 30.9 Å². The summed E-state index contributed by atoms with van der Waals surface area (Å²) in [6.45, 7) is 1.50. The number of carbonyl (C=O) groups excluding carboxylic acids is 2. The highest BCUT2D eigenvalue weighted by atomic mass is 32.2. The lowest BCUT2D eigenvalue weighted by molar-refractivity contribution is -0.127. The molecule has 2 aliphatic rings. The van der Waals surface area contributed by atoms with Crippen molar-refractivity contribution in [1.82, 2.24) is 14.8 Å². The molecule has 0 radical (unpaired) electrons. The number of likely N-dealkylation sites (tertiary alicyclic amines) is 1. The molecule has 7 nitrogen and oxygen atoms in total. The number of furan rings is 1. The van der Waals surface area contributed by atoms with Gasteiger partial charge in [-0.3, -0.25) is 19.0 Å². The van der Waals surface area contributed by atoms with Gasteiger partial charge in [0.15, 0.2) is 5.76 Å². The van der Waals surface area contributed by atoms with E-state index in [2.05, 4.69) is 5.32 Å². The van der Waals surface area contributed by atoms with Crippen LogP contribution in [0, 0.1) is 5.92 Å². The van der Waals surface area contributed by atoms with Crippen molar-refractivity contribution >= 4 is 23.6 Å². The van der Waals surface area contributed by atoms with Gasteiger partial charge in [0.05, 0.1) is 6.26 Å². The van der Waals surface area contributed by atoms with Crippen LogP contribution in [0.2, 0.25) is 0 Å². The molecule has 0 aromatic carbocycles. The van der Waals surface area contributed by atoms with Gasteiger partial charge >= 0.3 is 0 Å². The third kappa shape index (κ3) is 3.37. The summed E-state index contributed by atoms with van der Waals surface area (Å²) in [7, 11) is 0. The molecule has 0 spiro atoms. The lowest BCUT2D eigenvalue weighted by Crippen LogP contribution is -2.54. The van der Waals surface area contributed by atoms with Crippen molar-refractivity contribution in [2.45, 2.75) is 18.4 Å². The number of pyridine rings is 1. The molecule has 1 N–H and O–H groups in total. The quantitative estimate of drug-likeness (QED) is 0.772. The van der Waals surface area contributed by atoms with E-state index in [1.807, 2.05) is 12.3 Å². The van der Waals surface area contributed by atoms with Crippen LogP contribution in [0.15, 0.2) is 45.8 Å². The predicted octanol–water partition coefficient (Wildman–Crippen LogP) is 1.72. The standard InChI is InChI=1S/C20H23N3O4S/c1-28-9-7-21-19(25)18-14-10-13(15-4-2-6-17(24)23(15)18)11-22(12-14)20(26)16-5-3-8-27-16/h2-6,8,13-14,18H,7,9-12H2,1H3,(H,21,25)/t13-,14+,18-/m1/s1. The van der Waals surface area contributed by atoms with Gasteiger partial charge in [0.2, 0.25) is 5.91 Å². The van der Waals surface area contributed by atoms with Gasteiger partial charge in [-0.25, -0.2) is 0 Å². The van der Waals surface area contributed by atoms with Crippen LogP contribution in [-0.4, -0.2) is 52.9 Å². The van der Waals surface area contributed by atoms with Crippen molar-refractivity contribution in [3.05, 3.63) is 58.4 Å². The van der Waals surface area contributed by atoms with Gasteiger partial charge in [0.25, 0.3) is 11.5 Å². The Morgan fingerprint density at radius 2 is 2.11 bits per heavy atom. The van der Waals surface area contributed by atoms with E-state index in [4.69, 9.17) is 4.42 Å². The highest BCUT2D eigenvalue weighted by molar-refractivity contribution is 7.98. The Morgan fingerprint density at radius 3 is 2.86 bits per heavy atom. The number of aromatic nitrogens is 1. The van der Waals surface area contributed by atoms with E-state index in [1.165, 1.54) is 12.3 Å². The van der Waals surface area contributed by atoms with Crippen LogP contribution >= 0.6 is 11.8 Å². The number of hydrogen-bond donors (Lipinski definition) is 1. The Balaban J connectivity index is 1.67. The van der Waals surface area contributed by atoms with Crippen LogP contribution in [0.5, 0.6) is 0 Å². The maximum Gasteiger partial charge on any atom is 0.289 e. The molecule has 2 amide bonds. The second-order valence-electron chi connectivity index (χ2n) is 7.27. The Morgan fingerprint density at radius 1 is 1.25 bits per heavy atom. The van der Waals surface area contributed by atoms with Crippen molar-refractivity contribution in [3.63, 3.8) is 0 Å². The molecule has 3 atom stereocenters. The van der Waals surface area contributed by atoms with Gasteiger partial charge < -0.3 is 14.6 Å². The molecule has 1 fully saturated rings. The SMILES string of the molecule is CSCCNC(=O)[C@H]1[C@H]2C[C@H](CN(C(=O)c3ccco3)C2)c2cccc(=O)n21. The molecule has 2 aliphatic heterocycles. The van der Waals surface area contributed by atoms with Crippen LogP contribution in [0.25, 0.3) is 0 Å². The summed E-state index contributed by atoms with van der Waals surface area (Å²) in [4.78, 5) is 40.2. The van der Waals surface area contributed by atoms with Crippen LogP contribution < -0.4 is 10.9 Å². The van der Waals surface area contributed by atoms with Crippen molar-refractivity contribution in [2.75, 3.05) is 31.6 Å². The maximum absolute atomic E-state index is 13.0. The van der Waals surface area contributed by atoms with E-state index in [0.717, 1.165) is 17.9 Å². The fraction of sp³-hybridized carbons (Fsp3) is 0.450. The molecule has 2 aromatic rings. The molecule has 0 unspecified atom stereocenters. The lowest BCUT2D eigenvalue weighted by Gasteiger charge is -2.46. The normalized spacial score (nSPS) is 23.2. The summed E-state index contributed by atoms with van der Waals surface area (Å²) >= 11 is 1.65. The number of carbonyl (C=O) groups is 2. The number of hydrogen-bond acceptors (Lipinski definition) is 5. The molecule has 8 heteroatoms. The second kappa shape index (κ2) is 7.87. The predicted molar refractivity (Wildman–Crippen MR) is 107 cm³/mol. The summed E-state index contributed by atoms with van der Waals surface area (Å²) in [6.07, 6.45) is 4.25. The smallest absolute Gasteiger partial charge is 0.289 e. The van der Waals surface area contributed by atoms with Crippen molar-refractivity contribution in [3.8, 4) is 0 Å². The lowest BCUT2D eigenvalue weighted by atomic mass is 9.78. The largest absolute Gasteiger partial charge is 0.459 e. The van der Waals surface area contributed by atoms with E-state index in [-0.39, 0.29) is 29.2 Å². The fourth-order valence-electron chi connectivity index (χ4n) is 4.37. The van der Waals surface area contributed by atoms with Crippen LogP contribution in [0.4, 0.5) is 0 Å². The molecule has 2 bridgehead atoms. The van der Waals surface area contributed by atoms with E-state index in [9.17, 15) is 14.4 Å². The average Bonchev–Trinajstić information content (AvgIpc) is 3.23. The third-order valence-electron chi connectivity index (χ3n) is 5.54. The number of thioether (sulfide) groups is 1. The highest BCUT2D eigenvalue weighted by Crippen LogP contribution is 2.41. The monoisotopic (exact) mass is 401 g/mol. The van der Waals surface area contributed by atoms with Crippen LogP contribution in [0.3, 0.4) is 0 Å². The zero-order valence-electron chi connectivity index (χ0n) is 15.7. The number of fused-ring (bicyclic) bond motifs is 4. The minimum Gasteiger partial charge on any atom is -0.459 e. The first kappa shape index (κ1) is 18.9. The van der Waals surface area contributed by atoms with E-state index >= 15 is 0 Å². The van der Waals surface area contributed by atoms with Crippen LogP contribution in [-0.2, 0) is 4.79 Å². The van der Waals surface area contributed by atoms with E-state index in [0.29, 0.717) is 25.4 Å². The second-order valence-corrected chi connectivity index (χ2v) is 8.25. The molecule has 0 aliphatic carbocycles. The summed E-state index contributed by atoms with van der Waals surface area (Å²) in [6, 6.07) is 7.86. The highest BCUT2D eigenvalue weighted by Gasteiger charge is 2.44. The number of nitrogens with zero attached hydrogens (tertiary/aromatic N) is 2. The molecule has 4 heterocycles. The summed E-state index contributed by atoms with van der Waals surface area (Å²) in [5.74, 6) is 0.700. The van der Waals surface area contributed by atoms with Gasteiger partial charge in [0, 0.05) is 49.0 Å². The number of nitrogens with one attached hydrogen (secondary N) is 1. The van der Waals surface area contributed by atoms with Crippen molar-refractivity contribution in [2.24, 2.45) is 5.92 Å². The molecular formula is C20H23N3O4S. The van der Waals surface area contributed by atoms with Gasteiger partial charge in [-0.2, -0.15) is 11.8 Å².